The van der Waals surface area contributed by atoms with Crippen molar-refractivity contribution in [1.29, 1.82) is 0 Å². The van der Waals surface area contributed by atoms with E-state index in [0.29, 0.717) is 6.54 Å². The van der Waals surface area contributed by atoms with E-state index in [-0.39, 0.29) is 24.1 Å². The molecule has 0 radical (unpaired) electrons. The van der Waals surface area contributed by atoms with Crippen molar-refractivity contribution in [1.82, 2.24) is 4.90 Å². The van der Waals surface area contributed by atoms with Crippen LogP contribution in [0.5, 0.6) is 0 Å². The normalized spacial score (nSPS) is 16.8. The Morgan fingerprint density at radius 3 is 2.63 bits per heavy atom. The van der Waals surface area contributed by atoms with Crippen molar-refractivity contribution in [3.05, 3.63) is 35.6 Å². The number of likely N-dealkylation sites (N-methyl/N-ethyl adjacent to an activating group) is 1. The molecule has 0 spiro atoms. The molecule has 0 bridgehead atoms. The van der Waals surface area contributed by atoms with E-state index < -0.39 is 5.54 Å². The van der Waals surface area contributed by atoms with E-state index in [0.717, 1.165) is 31.2 Å². The van der Waals surface area contributed by atoms with Gasteiger partial charge in [0, 0.05) is 13.6 Å². The zero-order chi connectivity index (χ0) is 13.2. The van der Waals surface area contributed by atoms with Gasteiger partial charge in [0.2, 0.25) is 5.91 Å². The predicted octanol–water partition coefficient (Wildman–Crippen LogP) is 2.48. The maximum Gasteiger partial charge on any atom is 0.242 e. The fourth-order valence-corrected chi connectivity index (χ4v) is 2.58. The number of carbonyl (C=O) groups excluding carboxylic acids is 1. The fraction of sp³-hybridized carbons (Fsp3) is 0.500. The molecule has 1 fully saturated rings. The molecule has 0 atom stereocenters. The van der Waals surface area contributed by atoms with Crippen LogP contribution < -0.4 is 5.73 Å². The molecule has 5 heteroatoms. The molecule has 0 aliphatic heterocycles. The van der Waals surface area contributed by atoms with Crippen molar-refractivity contribution in [2.24, 2.45) is 5.73 Å². The van der Waals surface area contributed by atoms with Gasteiger partial charge in [0.15, 0.2) is 0 Å². The van der Waals surface area contributed by atoms with Gasteiger partial charge in [-0.1, -0.05) is 25.0 Å². The Labute approximate surface area is 119 Å². The van der Waals surface area contributed by atoms with Gasteiger partial charge in [-0.15, -0.1) is 12.4 Å². The molecule has 2 N–H and O–H groups in total. The Hall–Kier alpha value is -1.13. The molecule has 0 heterocycles. The zero-order valence-corrected chi connectivity index (χ0v) is 11.9. The van der Waals surface area contributed by atoms with Gasteiger partial charge >= 0.3 is 0 Å². The van der Waals surface area contributed by atoms with E-state index in [1.54, 1.807) is 18.0 Å². The first kappa shape index (κ1) is 15.9. The van der Waals surface area contributed by atoms with E-state index in [1.165, 1.54) is 12.1 Å². The second kappa shape index (κ2) is 6.35. The van der Waals surface area contributed by atoms with Gasteiger partial charge in [-0.25, -0.2) is 4.39 Å². The molecular weight excluding hydrogens is 267 g/mol. The van der Waals surface area contributed by atoms with Crippen LogP contribution in [0.2, 0.25) is 0 Å². The summed E-state index contributed by atoms with van der Waals surface area (Å²) in [6.45, 7) is 0.398. The number of nitrogens with zero attached hydrogens (tertiary/aromatic N) is 1. The first-order valence-corrected chi connectivity index (χ1v) is 6.30. The lowest BCUT2D eigenvalue weighted by atomic mass is 9.97. The van der Waals surface area contributed by atoms with Gasteiger partial charge in [-0.05, 0) is 30.5 Å². The van der Waals surface area contributed by atoms with Crippen molar-refractivity contribution < 1.29 is 9.18 Å². The Morgan fingerprint density at radius 2 is 2.05 bits per heavy atom. The highest BCUT2D eigenvalue weighted by molar-refractivity contribution is 5.86. The summed E-state index contributed by atoms with van der Waals surface area (Å²) in [5.74, 6) is -0.319. The standard InChI is InChI=1S/C14H19FN2O.ClH/c1-17(10-11-5-4-6-12(15)9-11)13(18)14(16)7-2-3-8-14;/h4-6,9H,2-3,7-8,10,16H2,1H3;1H. The minimum atomic E-state index is -0.706. The van der Waals surface area contributed by atoms with Crippen LogP contribution in [-0.2, 0) is 11.3 Å². The summed E-state index contributed by atoms with van der Waals surface area (Å²) < 4.78 is 13.1. The van der Waals surface area contributed by atoms with Crippen LogP contribution in [0.3, 0.4) is 0 Å². The number of hydrogen-bond acceptors (Lipinski definition) is 2. The summed E-state index contributed by atoms with van der Waals surface area (Å²) in [5.41, 5.74) is 6.20. The van der Waals surface area contributed by atoms with Crippen molar-refractivity contribution in [2.75, 3.05) is 7.05 Å². The first-order chi connectivity index (χ1) is 8.51. The number of carbonyl (C=O) groups is 1. The number of benzene rings is 1. The maximum atomic E-state index is 13.1. The van der Waals surface area contributed by atoms with E-state index in [1.807, 2.05) is 6.07 Å². The summed E-state index contributed by atoms with van der Waals surface area (Å²) in [6, 6.07) is 6.30. The summed E-state index contributed by atoms with van der Waals surface area (Å²) >= 11 is 0. The molecule has 1 saturated carbocycles. The molecule has 0 saturated heterocycles. The highest BCUT2D eigenvalue weighted by Gasteiger charge is 2.38. The van der Waals surface area contributed by atoms with Crippen molar-refractivity contribution in [3.63, 3.8) is 0 Å². The Kier molecular flexibility index (Phi) is 5.32. The molecule has 1 aromatic rings. The third kappa shape index (κ3) is 3.67. The third-order valence-electron chi connectivity index (χ3n) is 3.58. The summed E-state index contributed by atoms with van der Waals surface area (Å²) in [7, 11) is 1.72. The lowest BCUT2D eigenvalue weighted by Gasteiger charge is -2.28. The maximum absolute atomic E-state index is 13.1. The lowest BCUT2D eigenvalue weighted by Crippen LogP contribution is -2.52. The molecule has 1 aromatic carbocycles. The largest absolute Gasteiger partial charge is 0.340 e. The van der Waals surface area contributed by atoms with Crippen LogP contribution >= 0.6 is 12.4 Å². The zero-order valence-electron chi connectivity index (χ0n) is 11.1. The molecule has 1 aliphatic carbocycles. The molecule has 1 amide bonds. The second-order valence-corrected chi connectivity index (χ2v) is 5.15. The highest BCUT2D eigenvalue weighted by Crippen LogP contribution is 2.29. The van der Waals surface area contributed by atoms with E-state index >= 15 is 0 Å². The fourth-order valence-electron chi connectivity index (χ4n) is 2.58. The van der Waals surface area contributed by atoms with E-state index in [2.05, 4.69) is 0 Å². The number of amides is 1. The molecule has 2 rings (SSSR count). The molecule has 1 aliphatic rings. The monoisotopic (exact) mass is 286 g/mol. The van der Waals surface area contributed by atoms with Crippen molar-refractivity contribution >= 4 is 18.3 Å². The number of hydrogen-bond donors (Lipinski definition) is 1. The summed E-state index contributed by atoms with van der Waals surface area (Å²) in [4.78, 5) is 13.9. The number of rotatable bonds is 3. The van der Waals surface area contributed by atoms with E-state index in [9.17, 15) is 9.18 Å². The minimum Gasteiger partial charge on any atom is -0.340 e. The molecule has 3 nitrogen and oxygen atoms in total. The van der Waals surface area contributed by atoms with Crippen LogP contribution in [0.4, 0.5) is 4.39 Å². The third-order valence-corrected chi connectivity index (χ3v) is 3.58. The number of halogens is 2. The van der Waals surface area contributed by atoms with Gasteiger partial charge in [0.1, 0.15) is 5.82 Å². The van der Waals surface area contributed by atoms with Crippen LogP contribution in [-0.4, -0.2) is 23.4 Å². The van der Waals surface area contributed by atoms with Gasteiger partial charge in [-0.2, -0.15) is 0 Å². The van der Waals surface area contributed by atoms with E-state index in [4.69, 9.17) is 5.73 Å². The smallest absolute Gasteiger partial charge is 0.242 e. The van der Waals surface area contributed by atoms with Crippen molar-refractivity contribution in [3.8, 4) is 0 Å². The Balaban J connectivity index is 0.00000180. The van der Waals surface area contributed by atoms with Gasteiger partial charge in [-0.3, -0.25) is 4.79 Å². The summed E-state index contributed by atoms with van der Waals surface area (Å²) in [6.07, 6.45) is 3.52. The molecule has 0 unspecified atom stereocenters. The number of nitrogens with two attached hydrogens (primary N) is 1. The summed E-state index contributed by atoms with van der Waals surface area (Å²) in [5, 5.41) is 0. The Bertz CT molecular complexity index is 447. The minimum absolute atomic E-state index is 0. The SMILES string of the molecule is CN(Cc1cccc(F)c1)C(=O)C1(N)CCCC1.Cl. The molecular formula is C14H20ClFN2O. The Morgan fingerprint density at radius 1 is 1.42 bits per heavy atom. The van der Waals surface area contributed by atoms with Gasteiger partial charge in [0.05, 0.1) is 5.54 Å². The van der Waals surface area contributed by atoms with Crippen LogP contribution in [0.15, 0.2) is 24.3 Å². The van der Waals surface area contributed by atoms with Crippen molar-refractivity contribution in [2.45, 2.75) is 37.8 Å². The van der Waals surface area contributed by atoms with Crippen LogP contribution in [0.1, 0.15) is 31.2 Å². The van der Waals surface area contributed by atoms with Crippen LogP contribution in [0, 0.1) is 5.82 Å². The van der Waals surface area contributed by atoms with Gasteiger partial charge < -0.3 is 10.6 Å². The molecule has 19 heavy (non-hydrogen) atoms. The average Bonchev–Trinajstić information content (AvgIpc) is 2.76. The highest BCUT2D eigenvalue weighted by atomic mass is 35.5. The average molecular weight is 287 g/mol. The quantitative estimate of drug-likeness (QED) is 0.928. The second-order valence-electron chi connectivity index (χ2n) is 5.15. The molecule has 0 aromatic heterocycles. The predicted molar refractivity (Wildman–Crippen MR) is 75.5 cm³/mol. The first-order valence-electron chi connectivity index (χ1n) is 6.30. The van der Waals surface area contributed by atoms with Gasteiger partial charge in [0.25, 0.3) is 0 Å². The lowest BCUT2D eigenvalue weighted by molar-refractivity contribution is -0.136. The van der Waals surface area contributed by atoms with Crippen LogP contribution in [0.25, 0.3) is 0 Å². The topological polar surface area (TPSA) is 46.3 Å². The molecule has 106 valence electrons.